The molecule has 0 aliphatic carbocycles. The van der Waals surface area contributed by atoms with Crippen LogP contribution in [-0.2, 0) is 22.7 Å². The fraction of sp³-hybridized carbons (Fsp3) is 0.300. The second kappa shape index (κ2) is 11.3. The minimum absolute atomic E-state index is 1.05. The van der Waals surface area contributed by atoms with E-state index in [9.17, 15) is 0 Å². The maximum absolute atomic E-state index is 9.10. The molecule has 6 nitrogen and oxygen atoms in total. The Labute approximate surface area is 181 Å². The molecule has 2 N–H and O–H groups in total. The van der Waals surface area contributed by atoms with E-state index in [0.29, 0.717) is 0 Å². The predicted molar refractivity (Wildman–Crippen MR) is 114 cm³/mol. The van der Waals surface area contributed by atoms with Crippen LogP contribution in [-0.4, -0.2) is 58.1 Å². The van der Waals surface area contributed by atoms with Gasteiger partial charge < -0.3 is 10.2 Å². The minimum Gasteiger partial charge on any atom is -0.473 e. The Morgan fingerprint density at radius 2 is 1.11 bits per heavy atom. The van der Waals surface area contributed by atoms with Crippen LogP contribution in [0.4, 0.5) is 0 Å². The van der Waals surface area contributed by atoms with Crippen molar-refractivity contribution in [3.63, 3.8) is 0 Å². The van der Waals surface area contributed by atoms with Crippen LogP contribution in [0, 0.1) is 0 Å². The van der Waals surface area contributed by atoms with Gasteiger partial charge in [-0.05, 0) is 35.4 Å². The van der Waals surface area contributed by atoms with Gasteiger partial charge in [-0.2, -0.15) is 0 Å². The Bertz CT molecular complexity index is 741. The van der Waals surface area contributed by atoms with Gasteiger partial charge in [-0.15, -0.1) is 0 Å². The van der Waals surface area contributed by atoms with E-state index in [0.717, 1.165) is 39.3 Å². The van der Waals surface area contributed by atoms with Crippen molar-refractivity contribution in [1.82, 2.24) is 9.80 Å². The molecular weight excluding hydrogens is 492 g/mol. The highest BCUT2D eigenvalue weighted by Crippen LogP contribution is 2.17. The third-order valence-corrected chi connectivity index (χ3v) is 5.22. The molecule has 3 rings (SSSR count). The number of aliphatic carboxylic acids is 2. The fourth-order valence-electron chi connectivity index (χ4n) is 2.89. The Morgan fingerprint density at radius 1 is 0.750 bits per heavy atom. The molecule has 0 amide bonds. The van der Waals surface area contributed by atoms with E-state index in [-0.39, 0.29) is 0 Å². The molecule has 1 heterocycles. The van der Waals surface area contributed by atoms with Gasteiger partial charge in [-0.1, -0.05) is 56.1 Å². The standard InChI is InChI=1S/C18H20Br2N2.C2H2O4/c19-17-5-1-3-15(11-17)13-21-7-9-22(10-8-21)14-16-4-2-6-18(20)12-16;3-1(4)2(5)6/h1-6,11-12H,7-10,13-14H2;(H,3,4)(H,5,6). The Kier molecular flexibility index (Phi) is 9.11. The van der Waals surface area contributed by atoms with Crippen LogP contribution in [0.1, 0.15) is 11.1 Å². The first-order valence-corrected chi connectivity index (χ1v) is 10.3. The summed E-state index contributed by atoms with van der Waals surface area (Å²) in [5, 5.41) is 14.8. The van der Waals surface area contributed by atoms with Crippen molar-refractivity contribution in [2.24, 2.45) is 0 Å². The zero-order chi connectivity index (χ0) is 20.5. The van der Waals surface area contributed by atoms with E-state index in [2.05, 4.69) is 90.2 Å². The number of benzene rings is 2. The van der Waals surface area contributed by atoms with Crippen molar-refractivity contribution in [3.8, 4) is 0 Å². The van der Waals surface area contributed by atoms with E-state index < -0.39 is 11.9 Å². The van der Waals surface area contributed by atoms with E-state index in [1.54, 1.807) is 0 Å². The molecule has 0 aromatic heterocycles. The molecular formula is C20H22Br2N2O4. The van der Waals surface area contributed by atoms with Crippen LogP contribution in [0.2, 0.25) is 0 Å². The number of hydrogen-bond donors (Lipinski definition) is 2. The number of hydrogen-bond acceptors (Lipinski definition) is 4. The van der Waals surface area contributed by atoms with E-state index in [1.165, 1.54) is 20.1 Å². The van der Waals surface area contributed by atoms with Crippen LogP contribution in [0.3, 0.4) is 0 Å². The molecule has 2 aromatic carbocycles. The van der Waals surface area contributed by atoms with Gasteiger partial charge >= 0.3 is 11.9 Å². The third-order valence-electron chi connectivity index (χ3n) is 4.24. The van der Waals surface area contributed by atoms with Crippen molar-refractivity contribution in [2.75, 3.05) is 26.2 Å². The zero-order valence-electron chi connectivity index (χ0n) is 15.2. The summed E-state index contributed by atoms with van der Waals surface area (Å²) in [4.78, 5) is 23.3. The highest BCUT2D eigenvalue weighted by molar-refractivity contribution is 9.10. The highest BCUT2D eigenvalue weighted by Gasteiger charge is 2.17. The first-order chi connectivity index (χ1) is 13.3. The average molecular weight is 514 g/mol. The number of nitrogens with zero attached hydrogens (tertiary/aromatic N) is 2. The van der Waals surface area contributed by atoms with Crippen LogP contribution in [0.15, 0.2) is 57.5 Å². The molecule has 0 spiro atoms. The Hall–Kier alpha value is -1.74. The van der Waals surface area contributed by atoms with Crippen molar-refractivity contribution >= 4 is 43.8 Å². The van der Waals surface area contributed by atoms with E-state index >= 15 is 0 Å². The maximum atomic E-state index is 9.10. The van der Waals surface area contributed by atoms with Crippen molar-refractivity contribution in [1.29, 1.82) is 0 Å². The van der Waals surface area contributed by atoms with Gasteiger partial charge in [-0.3, -0.25) is 9.80 Å². The molecule has 150 valence electrons. The maximum Gasteiger partial charge on any atom is 0.414 e. The molecule has 28 heavy (non-hydrogen) atoms. The van der Waals surface area contributed by atoms with E-state index in [1.807, 2.05) is 0 Å². The summed E-state index contributed by atoms with van der Waals surface area (Å²) in [7, 11) is 0. The summed E-state index contributed by atoms with van der Waals surface area (Å²) in [6, 6.07) is 17.2. The van der Waals surface area contributed by atoms with Crippen molar-refractivity contribution in [3.05, 3.63) is 68.6 Å². The summed E-state index contributed by atoms with van der Waals surface area (Å²) < 4.78 is 2.33. The monoisotopic (exact) mass is 512 g/mol. The summed E-state index contributed by atoms with van der Waals surface area (Å²) in [5.74, 6) is -3.65. The molecule has 0 saturated carbocycles. The summed E-state index contributed by atoms with van der Waals surface area (Å²) in [6.45, 7) is 6.65. The van der Waals surface area contributed by atoms with Crippen molar-refractivity contribution in [2.45, 2.75) is 13.1 Å². The number of piperazine rings is 1. The van der Waals surface area contributed by atoms with Gasteiger partial charge in [0, 0.05) is 48.2 Å². The Balaban J connectivity index is 0.000000409. The number of carbonyl (C=O) groups is 2. The molecule has 8 heteroatoms. The van der Waals surface area contributed by atoms with Crippen LogP contribution in [0.25, 0.3) is 0 Å². The lowest BCUT2D eigenvalue weighted by molar-refractivity contribution is -0.159. The van der Waals surface area contributed by atoms with Crippen molar-refractivity contribution < 1.29 is 19.8 Å². The molecule has 1 aliphatic rings. The number of carboxylic acid groups (broad SMARTS) is 2. The smallest absolute Gasteiger partial charge is 0.414 e. The molecule has 0 atom stereocenters. The lowest BCUT2D eigenvalue weighted by Crippen LogP contribution is -2.45. The van der Waals surface area contributed by atoms with Crippen LogP contribution >= 0.6 is 31.9 Å². The quantitative estimate of drug-likeness (QED) is 0.607. The van der Waals surface area contributed by atoms with Crippen LogP contribution < -0.4 is 0 Å². The predicted octanol–water partition coefficient (Wildman–Crippen LogP) is 3.69. The molecule has 1 fully saturated rings. The zero-order valence-corrected chi connectivity index (χ0v) is 18.4. The largest absolute Gasteiger partial charge is 0.473 e. The van der Waals surface area contributed by atoms with Gasteiger partial charge in [0.05, 0.1) is 0 Å². The highest BCUT2D eigenvalue weighted by atomic mass is 79.9. The average Bonchev–Trinajstić information content (AvgIpc) is 2.64. The van der Waals surface area contributed by atoms with Gasteiger partial charge in [-0.25, -0.2) is 9.59 Å². The van der Waals surface area contributed by atoms with Gasteiger partial charge in [0.25, 0.3) is 0 Å². The first-order valence-electron chi connectivity index (χ1n) is 8.73. The molecule has 2 aromatic rings. The lowest BCUT2D eigenvalue weighted by Gasteiger charge is -2.34. The third kappa shape index (κ3) is 8.10. The summed E-state index contributed by atoms with van der Waals surface area (Å²) in [6.07, 6.45) is 0. The molecule has 1 aliphatic heterocycles. The number of rotatable bonds is 4. The first kappa shape index (κ1) is 22.5. The van der Waals surface area contributed by atoms with E-state index in [4.69, 9.17) is 19.8 Å². The van der Waals surface area contributed by atoms with Gasteiger partial charge in [0.15, 0.2) is 0 Å². The number of halogens is 2. The topological polar surface area (TPSA) is 81.1 Å². The summed E-state index contributed by atoms with van der Waals surface area (Å²) >= 11 is 7.10. The lowest BCUT2D eigenvalue weighted by atomic mass is 10.1. The molecule has 0 bridgehead atoms. The molecule has 0 radical (unpaired) electrons. The normalized spacial score (nSPS) is 14.8. The second-order valence-electron chi connectivity index (χ2n) is 6.42. The minimum atomic E-state index is -1.82. The molecule has 0 unspecified atom stereocenters. The second-order valence-corrected chi connectivity index (χ2v) is 8.25. The fourth-order valence-corrected chi connectivity index (χ4v) is 3.79. The van der Waals surface area contributed by atoms with Gasteiger partial charge in [0.1, 0.15) is 0 Å². The Morgan fingerprint density at radius 3 is 1.39 bits per heavy atom. The van der Waals surface area contributed by atoms with Crippen LogP contribution in [0.5, 0.6) is 0 Å². The summed E-state index contributed by atoms with van der Waals surface area (Å²) in [5.41, 5.74) is 2.77. The molecule has 1 saturated heterocycles. The number of carboxylic acids is 2. The van der Waals surface area contributed by atoms with Gasteiger partial charge in [0.2, 0.25) is 0 Å². The SMILES string of the molecule is Brc1cccc(CN2CCN(Cc3cccc(Br)c3)CC2)c1.O=C(O)C(=O)O.